The molecule has 0 amide bonds. The Hall–Kier alpha value is -2.37. The van der Waals surface area contributed by atoms with Gasteiger partial charge in [-0.2, -0.15) is 0 Å². The van der Waals surface area contributed by atoms with E-state index in [-0.39, 0.29) is 6.10 Å². The Kier molecular flexibility index (Phi) is 6.63. The van der Waals surface area contributed by atoms with Crippen LogP contribution in [0.15, 0.2) is 60.8 Å². The molecule has 138 valence electrons. The van der Waals surface area contributed by atoms with E-state index in [2.05, 4.69) is 44.5 Å². The van der Waals surface area contributed by atoms with Crippen molar-refractivity contribution in [3.63, 3.8) is 0 Å². The first kappa shape index (κ1) is 18.4. The van der Waals surface area contributed by atoms with Crippen LogP contribution in [0.2, 0.25) is 0 Å². The first-order valence-corrected chi connectivity index (χ1v) is 9.28. The monoisotopic (exact) mass is 352 g/mol. The van der Waals surface area contributed by atoms with Crippen LogP contribution in [0.4, 0.5) is 5.82 Å². The Labute approximate surface area is 156 Å². The molecular formula is C21H28N4O. The predicted octanol–water partition coefficient (Wildman–Crippen LogP) is 3.17. The van der Waals surface area contributed by atoms with Crippen LogP contribution in [-0.2, 0) is 4.84 Å². The quantitative estimate of drug-likeness (QED) is 0.775. The van der Waals surface area contributed by atoms with Gasteiger partial charge in [0.15, 0.2) is 0 Å². The van der Waals surface area contributed by atoms with Gasteiger partial charge < -0.3 is 4.90 Å². The van der Waals surface area contributed by atoms with Gasteiger partial charge in [0.05, 0.1) is 11.8 Å². The second kappa shape index (κ2) is 9.36. The van der Waals surface area contributed by atoms with Gasteiger partial charge in [0.1, 0.15) is 5.82 Å². The van der Waals surface area contributed by atoms with E-state index in [1.54, 1.807) is 0 Å². The standard InChI is InChI=1S/C21H28N4O/c1-18(2)26-23-20(19-8-4-3-5-9-19)11-13-24-14-16-25(17-15-24)21-10-6-7-12-22-21/h3-12,18,23H,13-17H2,1-2H3. The summed E-state index contributed by atoms with van der Waals surface area (Å²) in [7, 11) is 0. The van der Waals surface area contributed by atoms with Crippen LogP contribution in [0.25, 0.3) is 5.70 Å². The van der Waals surface area contributed by atoms with Crippen molar-refractivity contribution in [2.45, 2.75) is 20.0 Å². The number of rotatable bonds is 7. The largest absolute Gasteiger partial charge is 0.354 e. The summed E-state index contributed by atoms with van der Waals surface area (Å²) in [6.07, 6.45) is 4.20. The summed E-state index contributed by atoms with van der Waals surface area (Å²) in [5.41, 5.74) is 5.28. The average molecular weight is 352 g/mol. The van der Waals surface area contributed by atoms with Gasteiger partial charge in [0.25, 0.3) is 0 Å². The molecule has 0 radical (unpaired) electrons. The fourth-order valence-corrected chi connectivity index (χ4v) is 2.94. The number of pyridine rings is 1. The van der Waals surface area contributed by atoms with Crippen LogP contribution in [0, 0.1) is 0 Å². The van der Waals surface area contributed by atoms with E-state index in [0.717, 1.165) is 49.8 Å². The number of piperazine rings is 1. The first-order valence-electron chi connectivity index (χ1n) is 9.28. The summed E-state index contributed by atoms with van der Waals surface area (Å²) in [5, 5.41) is 0. The zero-order valence-electron chi connectivity index (χ0n) is 15.6. The van der Waals surface area contributed by atoms with E-state index < -0.39 is 0 Å². The minimum absolute atomic E-state index is 0.129. The van der Waals surface area contributed by atoms with Crippen molar-refractivity contribution in [2.24, 2.45) is 0 Å². The summed E-state index contributed by atoms with van der Waals surface area (Å²) < 4.78 is 0. The smallest absolute Gasteiger partial charge is 0.128 e. The Morgan fingerprint density at radius 1 is 1.08 bits per heavy atom. The lowest BCUT2D eigenvalue weighted by molar-refractivity contribution is 0.0272. The average Bonchev–Trinajstić information content (AvgIpc) is 2.69. The molecule has 1 N–H and O–H groups in total. The number of aromatic nitrogens is 1. The molecule has 5 nitrogen and oxygen atoms in total. The molecule has 2 heterocycles. The van der Waals surface area contributed by atoms with E-state index in [1.165, 1.54) is 0 Å². The van der Waals surface area contributed by atoms with Gasteiger partial charge >= 0.3 is 0 Å². The van der Waals surface area contributed by atoms with Crippen molar-refractivity contribution in [1.29, 1.82) is 0 Å². The third-order valence-corrected chi connectivity index (χ3v) is 4.39. The number of benzene rings is 1. The van der Waals surface area contributed by atoms with Crippen molar-refractivity contribution in [1.82, 2.24) is 15.4 Å². The van der Waals surface area contributed by atoms with Crippen molar-refractivity contribution in [3.8, 4) is 0 Å². The molecule has 26 heavy (non-hydrogen) atoms. The lowest BCUT2D eigenvalue weighted by Crippen LogP contribution is -2.46. The Balaban J connectivity index is 1.58. The number of hydrogen-bond acceptors (Lipinski definition) is 5. The zero-order valence-corrected chi connectivity index (χ0v) is 15.6. The van der Waals surface area contributed by atoms with Crippen LogP contribution < -0.4 is 10.4 Å². The first-order chi connectivity index (χ1) is 12.7. The molecule has 5 heteroatoms. The van der Waals surface area contributed by atoms with Crippen LogP contribution in [-0.4, -0.2) is 48.7 Å². The number of anilines is 1. The highest BCUT2D eigenvalue weighted by Gasteiger charge is 2.17. The lowest BCUT2D eigenvalue weighted by atomic mass is 10.1. The zero-order chi connectivity index (χ0) is 18.2. The SMILES string of the molecule is CC(C)ONC(=CCN1CCN(c2ccccn2)CC1)c1ccccc1. The molecule has 0 saturated carbocycles. The predicted molar refractivity (Wildman–Crippen MR) is 107 cm³/mol. The number of nitrogens with zero attached hydrogens (tertiary/aromatic N) is 3. The molecule has 1 saturated heterocycles. The number of hydrogen-bond donors (Lipinski definition) is 1. The lowest BCUT2D eigenvalue weighted by Gasteiger charge is -2.35. The van der Waals surface area contributed by atoms with Gasteiger partial charge in [-0.3, -0.25) is 15.2 Å². The van der Waals surface area contributed by atoms with Crippen LogP contribution in [0.5, 0.6) is 0 Å². The van der Waals surface area contributed by atoms with Crippen LogP contribution in [0.1, 0.15) is 19.4 Å². The fraction of sp³-hybridized carbons (Fsp3) is 0.381. The highest BCUT2D eigenvalue weighted by Crippen LogP contribution is 2.14. The normalized spacial score (nSPS) is 16.1. The van der Waals surface area contributed by atoms with Gasteiger partial charge in [0, 0.05) is 38.9 Å². The molecule has 3 rings (SSSR count). The molecule has 1 fully saturated rings. The highest BCUT2D eigenvalue weighted by atomic mass is 16.7. The van der Waals surface area contributed by atoms with Gasteiger partial charge in [0.2, 0.25) is 0 Å². The topological polar surface area (TPSA) is 40.6 Å². The molecule has 0 bridgehead atoms. The van der Waals surface area contributed by atoms with E-state index in [9.17, 15) is 0 Å². The third kappa shape index (κ3) is 5.31. The summed E-state index contributed by atoms with van der Waals surface area (Å²) in [4.78, 5) is 14.9. The maximum atomic E-state index is 5.62. The van der Waals surface area contributed by atoms with E-state index in [1.807, 2.05) is 50.4 Å². The Morgan fingerprint density at radius 2 is 1.81 bits per heavy atom. The van der Waals surface area contributed by atoms with Gasteiger partial charge in [-0.25, -0.2) is 4.98 Å². The molecular weight excluding hydrogens is 324 g/mol. The summed E-state index contributed by atoms with van der Waals surface area (Å²) in [6, 6.07) is 16.4. The fourth-order valence-electron chi connectivity index (χ4n) is 2.94. The van der Waals surface area contributed by atoms with Crippen molar-refractivity contribution in [2.75, 3.05) is 37.6 Å². The number of nitrogens with one attached hydrogen (secondary N) is 1. The maximum absolute atomic E-state index is 5.62. The van der Waals surface area contributed by atoms with Crippen molar-refractivity contribution < 1.29 is 4.84 Å². The third-order valence-electron chi connectivity index (χ3n) is 4.39. The van der Waals surface area contributed by atoms with Crippen LogP contribution >= 0.6 is 0 Å². The second-order valence-electron chi connectivity index (χ2n) is 6.73. The minimum atomic E-state index is 0.129. The minimum Gasteiger partial charge on any atom is -0.354 e. The van der Waals surface area contributed by atoms with Crippen molar-refractivity contribution >= 4 is 11.5 Å². The molecule has 1 aromatic heterocycles. The summed E-state index contributed by atoms with van der Waals surface area (Å²) >= 11 is 0. The number of hydroxylamine groups is 1. The van der Waals surface area contributed by atoms with E-state index in [4.69, 9.17) is 4.84 Å². The molecule has 0 spiro atoms. The molecule has 1 aromatic carbocycles. The van der Waals surface area contributed by atoms with E-state index in [0.29, 0.717) is 0 Å². The highest BCUT2D eigenvalue weighted by molar-refractivity contribution is 5.63. The summed E-state index contributed by atoms with van der Waals surface area (Å²) in [5.74, 6) is 1.07. The van der Waals surface area contributed by atoms with Gasteiger partial charge in [-0.1, -0.05) is 36.4 Å². The van der Waals surface area contributed by atoms with Gasteiger partial charge in [-0.05, 0) is 37.6 Å². The second-order valence-corrected chi connectivity index (χ2v) is 6.73. The Bertz CT molecular complexity index is 680. The van der Waals surface area contributed by atoms with E-state index >= 15 is 0 Å². The summed E-state index contributed by atoms with van der Waals surface area (Å²) in [6.45, 7) is 9.00. The Morgan fingerprint density at radius 3 is 2.46 bits per heavy atom. The van der Waals surface area contributed by atoms with Crippen molar-refractivity contribution in [3.05, 3.63) is 66.4 Å². The van der Waals surface area contributed by atoms with Gasteiger partial charge in [-0.15, -0.1) is 0 Å². The maximum Gasteiger partial charge on any atom is 0.128 e. The van der Waals surface area contributed by atoms with Crippen LogP contribution in [0.3, 0.4) is 0 Å². The molecule has 2 aromatic rings. The molecule has 1 aliphatic rings. The molecule has 0 unspecified atom stereocenters. The molecule has 0 aliphatic carbocycles. The molecule has 1 aliphatic heterocycles. The molecule has 0 atom stereocenters.